The Labute approximate surface area is 111 Å². The van der Waals surface area contributed by atoms with Gasteiger partial charge in [0.1, 0.15) is 5.75 Å². The molecule has 0 aliphatic heterocycles. The molecule has 3 N–H and O–H groups in total. The first-order valence-electron chi connectivity index (χ1n) is 5.86. The van der Waals surface area contributed by atoms with E-state index >= 15 is 0 Å². The van der Waals surface area contributed by atoms with Crippen LogP contribution in [0.3, 0.4) is 0 Å². The normalized spacial score (nSPS) is 12.0. The summed E-state index contributed by atoms with van der Waals surface area (Å²) in [5.74, 6) is -1.28. The summed E-state index contributed by atoms with van der Waals surface area (Å²) in [6.45, 7) is 3.40. The molecule has 0 heterocycles. The van der Waals surface area contributed by atoms with Crippen LogP contribution in [0.1, 0.15) is 24.2 Å². The second-order valence-electron chi connectivity index (χ2n) is 4.26. The number of carboxylic acids is 1. The van der Waals surface area contributed by atoms with Gasteiger partial charge in [-0.15, -0.1) is 0 Å². The maximum Gasteiger partial charge on any atom is 0.334 e. The van der Waals surface area contributed by atoms with Crippen LogP contribution in [0.25, 0.3) is 0 Å². The van der Waals surface area contributed by atoms with E-state index in [-0.39, 0.29) is 12.6 Å². The smallest absolute Gasteiger partial charge is 0.334 e. The maximum absolute atomic E-state index is 11.7. The van der Waals surface area contributed by atoms with Crippen molar-refractivity contribution in [2.45, 2.75) is 26.1 Å². The molecule has 0 fully saturated rings. The molecule has 1 aromatic carbocycles. The van der Waals surface area contributed by atoms with E-state index in [0.29, 0.717) is 11.3 Å². The summed E-state index contributed by atoms with van der Waals surface area (Å²) < 4.78 is 5.45. The van der Waals surface area contributed by atoms with Gasteiger partial charge in [0.15, 0.2) is 6.10 Å². The Morgan fingerprint density at radius 1 is 1.37 bits per heavy atom. The number of aliphatic carboxylic acids is 1. The van der Waals surface area contributed by atoms with Crippen LogP contribution in [0.5, 0.6) is 5.75 Å². The fourth-order valence-electron chi connectivity index (χ4n) is 1.36. The quantitative estimate of drug-likeness (QED) is 0.703. The van der Waals surface area contributed by atoms with E-state index < -0.39 is 18.0 Å². The fourth-order valence-corrected chi connectivity index (χ4v) is 1.36. The van der Waals surface area contributed by atoms with Gasteiger partial charge in [0.25, 0.3) is 5.91 Å². The zero-order chi connectivity index (χ0) is 14.4. The van der Waals surface area contributed by atoms with Gasteiger partial charge in [-0.25, -0.2) is 4.79 Å². The number of hydrogen-bond acceptors (Lipinski definition) is 4. The zero-order valence-electron chi connectivity index (χ0n) is 10.8. The number of carbonyl (C=O) groups is 2. The number of carbonyl (C=O) groups excluding carboxylic acids is 1. The van der Waals surface area contributed by atoms with Crippen LogP contribution < -0.4 is 10.1 Å². The molecule has 1 atom stereocenters. The number of benzene rings is 1. The molecule has 6 nitrogen and oxygen atoms in total. The monoisotopic (exact) mass is 267 g/mol. The third kappa shape index (κ3) is 4.97. The lowest BCUT2D eigenvalue weighted by Gasteiger charge is -2.11. The molecule has 104 valence electrons. The first-order valence-corrected chi connectivity index (χ1v) is 5.86. The van der Waals surface area contributed by atoms with Crippen molar-refractivity contribution in [1.29, 1.82) is 0 Å². The number of carboxylic acid groups (broad SMARTS) is 1. The van der Waals surface area contributed by atoms with E-state index in [2.05, 4.69) is 5.32 Å². The SMILES string of the molecule is CC(C)Oc1cccc(C(=O)NCC(O)C(=O)O)c1. The average molecular weight is 267 g/mol. The van der Waals surface area contributed by atoms with Crippen LogP contribution in [-0.2, 0) is 4.79 Å². The van der Waals surface area contributed by atoms with E-state index in [0.717, 1.165) is 0 Å². The van der Waals surface area contributed by atoms with Gasteiger partial charge >= 0.3 is 5.97 Å². The van der Waals surface area contributed by atoms with Crippen molar-refractivity contribution in [2.75, 3.05) is 6.54 Å². The van der Waals surface area contributed by atoms with Gasteiger partial charge in [-0.1, -0.05) is 6.07 Å². The van der Waals surface area contributed by atoms with Crippen LogP contribution in [0, 0.1) is 0 Å². The average Bonchev–Trinajstić information content (AvgIpc) is 2.34. The van der Waals surface area contributed by atoms with Crippen LogP contribution in [0.2, 0.25) is 0 Å². The number of hydrogen-bond donors (Lipinski definition) is 3. The molecule has 0 aromatic heterocycles. The van der Waals surface area contributed by atoms with E-state index in [1.54, 1.807) is 24.3 Å². The van der Waals surface area contributed by atoms with E-state index in [9.17, 15) is 9.59 Å². The van der Waals surface area contributed by atoms with Crippen molar-refractivity contribution in [1.82, 2.24) is 5.32 Å². The summed E-state index contributed by atoms with van der Waals surface area (Å²) in [6, 6.07) is 6.53. The second kappa shape index (κ2) is 6.75. The van der Waals surface area contributed by atoms with Gasteiger partial charge in [-0.2, -0.15) is 0 Å². The predicted octanol–water partition coefficient (Wildman–Crippen LogP) is 0.649. The largest absolute Gasteiger partial charge is 0.491 e. The van der Waals surface area contributed by atoms with E-state index in [1.165, 1.54) is 0 Å². The first kappa shape index (κ1) is 15.0. The highest BCUT2D eigenvalue weighted by atomic mass is 16.5. The van der Waals surface area contributed by atoms with Crippen LogP contribution in [0.15, 0.2) is 24.3 Å². The van der Waals surface area contributed by atoms with Gasteiger partial charge in [-0.3, -0.25) is 4.79 Å². The van der Waals surface area contributed by atoms with E-state index in [1.807, 2.05) is 13.8 Å². The summed E-state index contributed by atoms with van der Waals surface area (Å²) in [5, 5.41) is 19.9. The summed E-state index contributed by atoms with van der Waals surface area (Å²) in [7, 11) is 0. The molecule has 1 aromatic rings. The molecule has 0 spiro atoms. The molecule has 6 heteroatoms. The molecular formula is C13H17NO5. The number of amides is 1. The lowest BCUT2D eigenvalue weighted by molar-refractivity contribution is -0.146. The maximum atomic E-state index is 11.7. The van der Waals surface area contributed by atoms with Gasteiger partial charge in [-0.05, 0) is 32.0 Å². The predicted molar refractivity (Wildman–Crippen MR) is 68.2 cm³/mol. The van der Waals surface area contributed by atoms with Gasteiger partial charge in [0.05, 0.1) is 12.6 Å². The summed E-state index contributed by atoms with van der Waals surface area (Å²) in [6.07, 6.45) is -1.62. The Morgan fingerprint density at radius 3 is 2.63 bits per heavy atom. The highest BCUT2D eigenvalue weighted by Gasteiger charge is 2.15. The number of rotatable bonds is 6. The van der Waals surface area contributed by atoms with Crippen molar-refractivity contribution in [3.8, 4) is 5.75 Å². The van der Waals surface area contributed by atoms with Crippen molar-refractivity contribution in [2.24, 2.45) is 0 Å². The Kier molecular flexibility index (Phi) is 5.32. The molecule has 0 saturated heterocycles. The topological polar surface area (TPSA) is 95.9 Å². The lowest BCUT2D eigenvalue weighted by Crippen LogP contribution is -2.36. The van der Waals surface area contributed by atoms with Crippen molar-refractivity contribution >= 4 is 11.9 Å². The number of nitrogens with one attached hydrogen (secondary N) is 1. The first-order chi connectivity index (χ1) is 8.90. The molecule has 0 bridgehead atoms. The highest BCUT2D eigenvalue weighted by Crippen LogP contribution is 2.14. The fraction of sp³-hybridized carbons (Fsp3) is 0.385. The molecule has 1 amide bonds. The minimum Gasteiger partial charge on any atom is -0.491 e. The Bertz CT molecular complexity index is 458. The van der Waals surface area contributed by atoms with Gasteiger partial charge in [0.2, 0.25) is 0 Å². The van der Waals surface area contributed by atoms with Crippen LogP contribution in [-0.4, -0.2) is 40.8 Å². The molecule has 19 heavy (non-hydrogen) atoms. The van der Waals surface area contributed by atoms with Crippen molar-refractivity contribution in [3.63, 3.8) is 0 Å². The zero-order valence-corrected chi connectivity index (χ0v) is 10.8. The van der Waals surface area contributed by atoms with Crippen molar-refractivity contribution in [3.05, 3.63) is 29.8 Å². The Balaban J connectivity index is 2.64. The minimum atomic E-state index is -1.61. The standard InChI is InChI=1S/C13H17NO5/c1-8(2)19-10-5-3-4-9(6-10)12(16)14-7-11(15)13(17)18/h3-6,8,11,15H,7H2,1-2H3,(H,14,16)(H,17,18). The third-order valence-corrected chi connectivity index (χ3v) is 2.21. The Hall–Kier alpha value is -2.08. The second-order valence-corrected chi connectivity index (χ2v) is 4.26. The van der Waals surface area contributed by atoms with Crippen molar-refractivity contribution < 1.29 is 24.5 Å². The molecule has 0 aliphatic carbocycles. The molecule has 0 saturated carbocycles. The molecular weight excluding hydrogens is 250 g/mol. The third-order valence-electron chi connectivity index (χ3n) is 2.21. The molecule has 1 rings (SSSR count). The van der Waals surface area contributed by atoms with Gasteiger partial charge < -0.3 is 20.3 Å². The molecule has 1 unspecified atom stereocenters. The number of aliphatic hydroxyl groups is 1. The molecule has 0 radical (unpaired) electrons. The van der Waals surface area contributed by atoms with Crippen LogP contribution in [0.4, 0.5) is 0 Å². The van der Waals surface area contributed by atoms with Gasteiger partial charge in [0, 0.05) is 5.56 Å². The highest BCUT2D eigenvalue weighted by molar-refractivity contribution is 5.94. The summed E-state index contributed by atoms with van der Waals surface area (Å²) in [5.41, 5.74) is 0.343. The number of ether oxygens (including phenoxy) is 1. The van der Waals surface area contributed by atoms with E-state index in [4.69, 9.17) is 14.9 Å². The van der Waals surface area contributed by atoms with Crippen LogP contribution >= 0.6 is 0 Å². The molecule has 0 aliphatic rings. The summed E-state index contributed by atoms with van der Waals surface area (Å²) in [4.78, 5) is 22.1. The minimum absolute atomic E-state index is 0.00727. The summed E-state index contributed by atoms with van der Waals surface area (Å²) >= 11 is 0. The lowest BCUT2D eigenvalue weighted by atomic mass is 10.2. The number of aliphatic hydroxyl groups excluding tert-OH is 1. The Morgan fingerprint density at radius 2 is 2.05 bits per heavy atom.